The lowest BCUT2D eigenvalue weighted by Crippen LogP contribution is -2.23. The predicted molar refractivity (Wildman–Crippen MR) is 76.8 cm³/mol. The van der Waals surface area contributed by atoms with E-state index in [0.717, 1.165) is 5.56 Å². The standard InChI is InChI=1S/C13H18ClN5/c1-8(13(2,3)4)19-12(16-17-18-19)10-6-5-9(14)7-11(10)15/h5-8H,15H2,1-4H3. The Labute approximate surface area is 117 Å². The molecule has 1 aromatic carbocycles. The summed E-state index contributed by atoms with van der Waals surface area (Å²) in [5.74, 6) is 0.664. The van der Waals surface area contributed by atoms with E-state index in [-0.39, 0.29) is 11.5 Å². The molecule has 1 heterocycles. The molecule has 0 amide bonds. The molecule has 0 radical (unpaired) electrons. The molecule has 1 aromatic heterocycles. The molecular weight excluding hydrogens is 262 g/mol. The van der Waals surface area contributed by atoms with Crippen molar-refractivity contribution in [3.8, 4) is 11.4 Å². The molecule has 2 N–H and O–H groups in total. The first-order valence-electron chi connectivity index (χ1n) is 6.14. The Balaban J connectivity index is 2.50. The molecule has 0 bridgehead atoms. The van der Waals surface area contributed by atoms with Crippen LogP contribution in [-0.4, -0.2) is 20.2 Å². The highest BCUT2D eigenvalue weighted by atomic mass is 35.5. The van der Waals surface area contributed by atoms with E-state index < -0.39 is 0 Å². The topological polar surface area (TPSA) is 69.6 Å². The van der Waals surface area contributed by atoms with Gasteiger partial charge in [0.2, 0.25) is 0 Å². The Morgan fingerprint density at radius 1 is 1.32 bits per heavy atom. The summed E-state index contributed by atoms with van der Waals surface area (Å²) in [5, 5.41) is 12.6. The van der Waals surface area contributed by atoms with Crippen molar-refractivity contribution < 1.29 is 0 Å². The van der Waals surface area contributed by atoms with Crippen molar-refractivity contribution in [2.24, 2.45) is 5.41 Å². The summed E-state index contributed by atoms with van der Waals surface area (Å²) in [6.45, 7) is 8.53. The highest BCUT2D eigenvalue weighted by Gasteiger charge is 2.26. The first-order chi connectivity index (χ1) is 8.80. The van der Waals surface area contributed by atoms with Gasteiger partial charge in [0.25, 0.3) is 0 Å². The molecule has 6 heteroatoms. The lowest BCUT2D eigenvalue weighted by Gasteiger charge is -2.27. The molecule has 2 rings (SSSR count). The van der Waals surface area contributed by atoms with Crippen LogP contribution in [0.25, 0.3) is 11.4 Å². The summed E-state index contributed by atoms with van der Waals surface area (Å²) in [5.41, 5.74) is 7.41. The fraction of sp³-hybridized carbons (Fsp3) is 0.462. The molecule has 0 aliphatic heterocycles. The van der Waals surface area contributed by atoms with E-state index in [2.05, 4.69) is 43.2 Å². The third-order valence-electron chi connectivity index (χ3n) is 3.37. The number of nitrogens with zero attached hydrogens (tertiary/aromatic N) is 4. The highest BCUT2D eigenvalue weighted by Crippen LogP contribution is 2.34. The van der Waals surface area contributed by atoms with Crippen molar-refractivity contribution in [3.63, 3.8) is 0 Å². The van der Waals surface area contributed by atoms with Crippen LogP contribution in [0.3, 0.4) is 0 Å². The Hall–Kier alpha value is -1.62. The van der Waals surface area contributed by atoms with Gasteiger partial charge in [-0.05, 0) is 41.0 Å². The number of hydrogen-bond donors (Lipinski definition) is 1. The van der Waals surface area contributed by atoms with Crippen molar-refractivity contribution in [1.29, 1.82) is 0 Å². The Morgan fingerprint density at radius 2 is 2.00 bits per heavy atom. The largest absolute Gasteiger partial charge is 0.398 e. The fourth-order valence-electron chi connectivity index (χ4n) is 1.74. The van der Waals surface area contributed by atoms with Crippen LogP contribution in [0.1, 0.15) is 33.7 Å². The minimum Gasteiger partial charge on any atom is -0.398 e. The minimum atomic E-state index is 0.0469. The molecule has 0 aliphatic carbocycles. The van der Waals surface area contributed by atoms with Crippen LogP contribution in [0.2, 0.25) is 5.02 Å². The second kappa shape index (κ2) is 4.81. The van der Waals surface area contributed by atoms with E-state index in [4.69, 9.17) is 17.3 Å². The Morgan fingerprint density at radius 3 is 2.58 bits per heavy atom. The molecule has 1 unspecified atom stereocenters. The molecule has 1 atom stereocenters. The summed E-state index contributed by atoms with van der Waals surface area (Å²) in [6, 6.07) is 5.48. The Kier molecular flexibility index (Phi) is 3.49. The van der Waals surface area contributed by atoms with E-state index in [9.17, 15) is 0 Å². The first-order valence-corrected chi connectivity index (χ1v) is 6.52. The highest BCUT2D eigenvalue weighted by molar-refractivity contribution is 6.31. The number of anilines is 1. The normalized spacial score (nSPS) is 13.5. The van der Waals surface area contributed by atoms with Crippen LogP contribution >= 0.6 is 11.6 Å². The molecule has 0 saturated heterocycles. The third-order valence-corrected chi connectivity index (χ3v) is 3.60. The quantitative estimate of drug-likeness (QED) is 0.857. The maximum Gasteiger partial charge on any atom is 0.184 e. The first kappa shape index (κ1) is 13.8. The number of nitrogens with two attached hydrogens (primary N) is 1. The fourth-order valence-corrected chi connectivity index (χ4v) is 1.92. The number of halogens is 1. The molecule has 19 heavy (non-hydrogen) atoms. The SMILES string of the molecule is CC(n1nnnc1-c1ccc(Cl)cc1N)C(C)(C)C. The van der Waals surface area contributed by atoms with Crippen LogP contribution in [0.5, 0.6) is 0 Å². The lowest BCUT2D eigenvalue weighted by atomic mass is 9.88. The average molecular weight is 280 g/mol. The van der Waals surface area contributed by atoms with Crippen molar-refractivity contribution in [1.82, 2.24) is 20.2 Å². The zero-order valence-electron chi connectivity index (χ0n) is 11.6. The zero-order valence-corrected chi connectivity index (χ0v) is 12.3. The van der Waals surface area contributed by atoms with Gasteiger partial charge in [0.1, 0.15) is 0 Å². The number of benzene rings is 1. The minimum absolute atomic E-state index is 0.0469. The molecular formula is C13H18ClN5. The van der Waals surface area contributed by atoms with Crippen molar-refractivity contribution in [3.05, 3.63) is 23.2 Å². The van der Waals surface area contributed by atoms with Crippen molar-refractivity contribution >= 4 is 17.3 Å². The van der Waals surface area contributed by atoms with Crippen LogP contribution in [0.4, 0.5) is 5.69 Å². The van der Waals surface area contributed by atoms with Crippen molar-refractivity contribution in [2.45, 2.75) is 33.7 Å². The average Bonchev–Trinajstić information content (AvgIpc) is 2.75. The maximum atomic E-state index is 6.00. The number of rotatable bonds is 2. The van der Waals surface area contributed by atoms with Crippen molar-refractivity contribution in [2.75, 3.05) is 5.73 Å². The summed E-state index contributed by atoms with van der Waals surface area (Å²) < 4.78 is 1.81. The van der Waals surface area contributed by atoms with Crippen LogP contribution in [0.15, 0.2) is 18.2 Å². The van der Waals surface area contributed by atoms with Crippen LogP contribution < -0.4 is 5.73 Å². The second-order valence-electron chi connectivity index (χ2n) is 5.72. The van der Waals surface area contributed by atoms with Gasteiger partial charge in [-0.25, -0.2) is 4.68 Å². The van der Waals surface area contributed by atoms with Gasteiger partial charge in [-0.1, -0.05) is 32.4 Å². The summed E-state index contributed by atoms with van der Waals surface area (Å²) in [7, 11) is 0. The monoisotopic (exact) mass is 279 g/mol. The number of aromatic nitrogens is 4. The maximum absolute atomic E-state index is 6.00. The summed E-state index contributed by atoms with van der Waals surface area (Å²) in [6.07, 6.45) is 0. The van der Waals surface area contributed by atoms with E-state index in [1.165, 1.54) is 0 Å². The van der Waals surface area contributed by atoms with Gasteiger partial charge in [-0.15, -0.1) is 5.10 Å². The number of nitrogen functional groups attached to an aromatic ring is 1. The van der Waals surface area contributed by atoms with Gasteiger partial charge >= 0.3 is 0 Å². The molecule has 5 nitrogen and oxygen atoms in total. The van der Waals surface area contributed by atoms with E-state index in [1.54, 1.807) is 16.8 Å². The van der Waals surface area contributed by atoms with E-state index >= 15 is 0 Å². The van der Waals surface area contributed by atoms with Gasteiger partial charge in [0.15, 0.2) is 5.82 Å². The lowest BCUT2D eigenvalue weighted by molar-refractivity contribution is 0.243. The molecule has 0 fully saturated rings. The molecule has 2 aromatic rings. The van der Waals surface area contributed by atoms with Gasteiger partial charge in [0.05, 0.1) is 6.04 Å². The third kappa shape index (κ3) is 2.71. The molecule has 102 valence electrons. The predicted octanol–water partition coefficient (Wildman–Crippen LogP) is 3.18. The second-order valence-corrected chi connectivity index (χ2v) is 6.16. The van der Waals surface area contributed by atoms with Gasteiger partial charge in [0, 0.05) is 16.3 Å². The molecule has 0 aliphatic rings. The van der Waals surface area contributed by atoms with Gasteiger partial charge < -0.3 is 5.73 Å². The summed E-state index contributed by atoms with van der Waals surface area (Å²) in [4.78, 5) is 0. The molecule has 0 saturated carbocycles. The van der Waals surface area contributed by atoms with Gasteiger partial charge in [-0.3, -0.25) is 0 Å². The zero-order chi connectivity index (χ0) is 14.2. The smallest absolute Gasteiger partial charge is 0.184 e. The van der Waals surface area contributed by atoms with E-state index in [1.807, 2.05) is 6.07 Å². The number of tetrazole rings is 1. The Bertz CT molecular complexity index is 585. The van der Waals surface area contributed by atoms with E-state index in [0.29, 0.717) is 16.5 Å². The van der Waals surface area contributed by atoms with Crippen LogP contribution in [0, 0.1) is 5.41 Å². The number of hydrogen-bond acceptors (Lipinski definition) is 4. The van der Waals surface area contributed by atoms with Gasteiger partial charge in [-0.2, -0.15) is 0 Å². The van der Waals surface area contributed by atoms with Crippen LogP contribution in [-0.2, 0) is 0 Å². The summed E-state index contributed by atoms with van der Waals surface area (Å²) >= 11 is 5.91. The molecule has 0 spiro atoms.